The van der Waals surface area contributed by atoms with Gasteiger partial charge in [0, 0.05) is 31.3 Å². The number of fused-ring (bicyclic) bond motifs is 3. The first-order valence-electron chi connectivity index (χ1n) is 12.0. The third-order valence-electron chi connectivity index (χ3n) is 7.49. The summed E-state index contributed by atoms with van der Waals surface area (Å²) in [5.41, 5.74) is 1.03. The van der Waals surface area contributed by atoms with Crippen LogP contribution in [-0.4, -0.2) is 68.9 Å². The molecule has 0 aliphatic carbocycles. The Kier molecular flexibility index (Phi) is 5.31. The van der Waals surface area contributed by atoms with Gasteiger partial charge in [0.05, 0.1) is 28.7 Å². The van der Waals surface area contributed by atoms with Gasteiger partial charge in [0.1, 0.15) is 11.9 Å². The van der Waals surface area contributed by atoms with Crippen LogP contribution in [0.25, 0.3) is 10.8 Å². The Morgan fingerprint density at radius 1 is 1.03 bits per heavy atom. The monoisotopic (exact) mass is 489 g/mol. The Balaban J connectivity index is 1.20. The maximum atomic E-state index is 14.8. The fraction of sp³-hybridized carbons (Fsp3) is 0.346. The number of benzene rings is 2. The fourth-order valence-corrected chi connectivity index (χ4v) is 5.69. The number of aromatic nitrogens is 2. The molecule has 2 bridgehead atoms. The second kappa shape index (κ2) is 8.54. The molecule has 3 saturated heterocycles. The Morgan fingerprint density at radius 3 is 2.50 bits per heavy atom. The van der Waals surface area contributed by atoms with Gasteiger partial charge in [0.25, 0.3) is 11.5 Å². The quantitative estimate of drug-likeness (QED) is 0.574. The molecule has 2 unspecified atom stereocenters. The van der Waals surface area contributed by atoms with Crippen molar-refractivity contribution in [2.75, 3.05) is 13.1 Å². The maximum absolute atomic E-state index is 14.8. The van der Waals surface area contributed by atoms with E-state index < -0.39 is 17.8 Å². The van der Waals surface area contributed by atoms with Crippen LogP contribution >= 0.6 is 0 Å². The number of nitrogens with zero attached hydrogens (tertiary/aromatic N) is 3. The summed E-state index contributed by atoms with van der Waals surface area (Å²) in [6, 6.07) is 10.8. The van der Waals surface area contributed by atoms with Crippen LogP contribution < -0.4 is 10.9 Å². The topological polar surface area (TPSA) is 115 Å². The number of aromatic amines is 1. The molecular weight excluding hydrogens is 465 g/mol. The van der Waals surface area contributed by atoms with Gasteiger partial charge in [-0.2, -0.15) is 5.10 Å². The minimum absolute atomic E-state index is 0.0188. The first-order chi connectivity index (χ1) is 17.4. The van der Waals surface area contributed by atoms with E-state index in [0.717, 1.165) is 0 Å². The second-order valence-corrected chi connectivity index (χ2v) is 9.69. The van der Waals surface area contributed by atoms with Crippen LogP contribution in [0.4, 0.5) is 4.39 Å². The van der Waals surface area contributed by atoms with Gasteiger partial charge in [-0.05, 0) is 36.6 Å². The molecule has 184 valence electrons. The van der Waals surface area contributed by atoms with Crippen LogP contribution in [0, 0.1) is 5.82 Å². The Hall–Kier alpha value is -4.08. The van der Waals surface area contributed by atoms with E-state index in [4.69, 9.17) is 0 Å². The lowest BCUT2D eigenvalue weighted by Gasteiger charge is -2.35. The van der Waals surface area contributed by atoms with Gasteiger partial charge in [-0.3, -0.25) is 19.2 Å². The van der Waals surface area contributed by atoms with Crippen molar-refractivity contribution in [2.24, 2.45) is 0 Å². The minimum Gasteiger partial charge on any atom is -0.344 e. The first kappa shape index (κ1) is 22.4. The molecule has 4 heterocycles. The normalized spacial score (nSPS) is 22.9. The number of piperazine rings is 1. The van der Waals surface area contributed by atoms with Crippen LogP contribution in [-0.2, 0) is 16.0 Å². The van der Waals surface area contributed by atoms with Gasteiger partial charge in [0.2, 0.25) is 11.8 Å². The van der Waals surface area contributed by atoms with Crippen LogP contribution in [0.1, 0.15) is 40.9 Å². The molecule has 2 aromatic carbocycles. The molecule has 36 heavy (non-hydrogen) atoms. The van der Waals surface area contributed by atoms with E-state index >= 15 is 0 Å². The van der Waals surface area contributed by atoms with Crippen LogP contribution in [0.5, 0.6) is 0 Å². The van der Waals surface area contributed by atoms with Crippen LogP contribution in [0.2, 0.25) is 0 Å². The van der Waals surface area contributed by atoms with Gasteiger partial charge in [-0.1, -0.05) is 24.3 Å². The van der Waals surface area contributed by atoms with Crippen molar-refractivity contribution in [1.29, 1.82) is 0 Å². The van der Waals surface area contributed by atoms with Gasteiger partial charge in [-0.15, -0.1) is 0 Å². The van der Waals surface area contributed by atoms with E-state index in [1.54, 1.807) is 34.1 Å². The summed E-state index contributed by atoms with van der Waals surface area (Å²) in [5, 5.41) is 10.6. The predicted molar refractivity (Wildman–Crippen MR) is 128 cm³/mol. The molecule has 0 spiro atoms. The molecule has 6 rings (SSSR count). The van der Waals surface area contributed by atoms with Gasteiger partial charge in [0.15, 0.2) is 0 Å². The molecule has 0 saturated carbocycles. The number of hydrogen-bond acceptors (Lipinski definition) is 5. The van der Waals surface area contributed by atoms with E-state index in [2.05, 4.69) is 15.5 Å². The van der Waals surface area contributed by atoms with E-state index in [-0.39, 0.29) is 35.0 Å². The van der Waals surface area contributed by atoms with Crippen molar-refractivity contribution < 1.29 is 18.8 Å². The lowest BCUT2D eigenvalue weighted by Crippen LogP contribution is -2.54. The average molecular weight is 490 g/mol. The highest BCUT2D eigenvalue weighted by molar-refractivity contribution is 5.96. The lowest BCUT2D eigenvalue weighted by atomic mass is 10.0. The number of hydrogen-bond donors (Lipinski definition) is 2. The summed E-state index contributed by atoms with van der Waals surface area (Å²) in [6.45, 7) is 0.724. The molecular formula is C26H24FN5O4. The highest BCUT2D eigenvalue weighted by Gasteiger charge is 2.49. The smallest absolute Gasteiger partial charge is 0.272 e. The highest BCUT2D eigenvalue weighted by atomic mass is 19.1. The van der Waals surface area contributed by atoms with Crippen molar-refractivity contribution >= 4 is 28.5 Å². The maximum Gasteiger partial charge on any atom is 0.272 e. The minimum atomic E-state index is -0.604. The number of H-pyrrole nitrogens is 1. The largest absolute Gasteiger partial charge is 0.344 e. The highest BCUT2D eigenvalue weighted by Crippen LogP contribution is 2.33. The third-order valence-corrected chi connectivity index (χ3v) is 7.49. The number of amides is 3. The summed E-state index contributed by atoms with van der Waals surface area (Å²) < 4.78 is 14.8. The Bertz CT molecular complexity index is 1470. The Morgan fingerprint density at radius 2 is 1.78 bits per heavy atom. The molecule has 3 amide bonds. The summed E-state index contributed by atoms with van der Waals surface area (Å²) in [6.07, 6.45) is 1.81. The molecule has 2 N–H and O–H groups in total. The molecule has 3 aliphatic rings. The molecule has 10 heteroatoms. The van der Waals surface area contributed by atoms with Crippen molar-refractivity contribution in [3.63, 3.8) is 0 Å². The molecule has 1 aromatic heterocycles. The zero-order chi connectivity index (χ0) is 25.0. The van der Waals surface area contributed by atoms with Crippen LogP contribution in [0.3, 0.4) is 0 Å². The first-order valence-corrected chi connectivity index (χ1v) is 12.0. The number of nitrogens with one attached hydrogen (secondary N) is 2. The summed E-state index contributed by atoms with van der Waals surface area (Å²) >= 11 is 0. The summed E-state index contributed by atoms with van der Waals surface area (Å²) in [7, 11) is 0. The molecule has 3 fully saturated rings. The third kappa shape index (κ3) is 3.73. The zero-order valence-electron chi connectivity index (χ0n) is 19.4. The molecule has 3 aliphatic heterocycles. The molecule has 3 aromatic rings. The van der Waals surface area contributed by atoms with Gasteiger partial charge in [-0.25, -0.2) is 9.49 Å². The zero-order valence-corrected chi connectivity index (χ0v) is 19.4. The summed E-state index contributed by atoms with van der Waals surface area (Å²) in [5.74, 6) is -1.22. The predicted octanol–water partition coefficient (Wildman–Crippen LogP) is 1.36. The number of rotatable bonds is 4. The number of halogens is 1. The standard InChI is InChI=1S/C26H24FN5O4/c27-20-6-5-14(10-22-17-3-1-2-4-18(17)24(34)30-29-22)9-19(20)25(35)31-12-16-11-15(31)13-32(16)26(36)21-7-8-23(33)28-21/h1-6,9,15-16,21H,7-8,10-13H2,(H,28,33)(H,30,34)/t15?,16?,21-/m0/s1. The number of carbonyl (C=O) groups excluding carboxylic acids is 3. The molecule has 0 radical (unpaired) electrons. The van der Waals surface area contributed by atoms with E-state index in [1.807, 2.05) is 12.1 Å². The lowest BCUT2D eigenvalue weighted by molar-refractivity contribution is -0.136. The fourth-order valence-electron chi connectivity index (χ4n) is 5.69. The van der Waals surface area contributed by atoms with Crippen molar-refractivity contribution in [1.82, 2.24) is 25.3 Å². The Labute approximate surface area is 205 Å². The van der Waals surface area contributed by atoms with E-state index in [0.29, 0.717) is 60.8 Å². The second-order valence-electron chi connectivity index (χ2n) is 9.69. The van der Waals surface area contributed by atoms with Gasteiger partial charge >= 0.3 is 0 Å². The van der Waals surface area contributed by atoms with Gasteiger partial charge < -0.3 is 15.1 Å². The number of likely N-dealkylation sites (tertiary alicyclic amines) is 2. The van der Waals surface area contributed by atoms with Crippen molar-refractivity contribution in [2.45, 2.75) is 43.8 Å². The van der Waals surface area contributed by atoms with Crippen molar-refractivity contribution in [3.05, 3.63) is 75.5 Å². The molecule has 3 atom stereocenters. The molecule has 9 nitrogen and oxygen atoms in total. The van der Waals surface area contributed by atoms with Crippen LogP contribution in [0.15, 0.2) is 47.3 Å². The van der Waals surface area contributed by atoms with Crippen molar-refractivity contribution in [3.8, 4) is 0 Å². The summed E-state index contributed by atoms with van der Waals surface area (Å²) in [4.78, 5) is 53.2. The SMILES string of the molecule is O=C1CC[C@@H](C(=O)N2CC3CC2CN3C(=O)c2cc(Cc3n[nH]c(=O)c4ccccc34)ccc2F)N1. The average Bonchev–Trinajstić information content (AvgIpc) is 3.62. The van der Waals surface area contributed by atoms with E-state index in [9.17, 15) is 23.6 Å². The van der Waals surface area contributed by atoms with E-state index in [1.165, 1.54) is 6.07 Å². The number of carbonyl (C=O) groups is 3.